The highest BCUT2D eigenvalue weighted by Crippen LogP contribution is 2.27. The molecule has 0 saturated heterocycles. The van der Waals surface area contributed by atoms with Crippen molar-refractivity contribution in [1.29, 1.82) is 0 Å². The first-order chi connectivity index (χ1) is 11.0. The van der Waals surface area contributed by atoms with Gasteiger partial charge in [0.15, 0.2) is 11.6 Å². The second kappa shape index (κ2) is 6.79. The summed E-state index contributed by atoms with van der Waals surface area (Å²) in [6, 6.07) is 11.3. The normalized spacial score (nSPS) is 10.0. The number of benzene rings is 2. The molecule has 0 unspecified atom stereocenters. The Morgan fingerprint density at radius 2 is 1.57 bits per heavy atom. The second-order valence-electron chi connectivity index (χ2n) is 4.92. The lowest BCUT2D eigenvalue weighted by atomic mass is 9.91. The van der Waals surface area contributed by atoms with E-state index >= 15 is 0 Å². The average Bonchev–Trinajstić information content (AvgIpc) is 2.54. The smallest absolute Gasteiger partial charge is 0.345 e. The van der Waals surface area contributed by atoms with E-state index in [9.17, 15) is 19.2 Å². The van der Waals surface area contributed by atoms with Crippen LogP contribution in [0.5, 0.6) is 0 Å². The van der Waals surface area contributed by atoms with Gasteiger partial charge in [-0.25, -0.2) is 4.79 Å². The quantitative estimate of drug-likeness (QED) is 0.367. The van der Waals surface area contributed by atoms with Crippen molar-refractivity contribution >= 4 is 24.0 Å². The maximum Gasteiger partial charge on any atom is 0.345 e. The van der Waals surface area contributed by atoms with Gasteiger partial charge in [-0.05, 0) is 37.1 Å². The zero-order valence-corrected chi connectivity index (χ0v) is 12.7. The van der Waals surface area contributed by atoms with E-state index in [0.717, 1.165) is 0 Å². The summed E-state index contributed by atoms with van der Waals surface area (Å²) in [5, 5.41) is 0. The molecule has 0 aliphatic rings. The van der Waals surface area contributed by atoms with E-state index in [1.807, 2.05) is 0 Å². The van der Waals surface area contributed by atoms with Gasteiger partial charge in [0.2, 0.25) is 0 Å². The molecule has 0 spiro atoms. The number of carbonyl (C=O) groups excluding carboxylic acids is 4. The Bertz CT molecular complexity index is 788. The SMILES string of the molecule is CC(=O)c1cccc(-c2ccc(C(=O)OC=O)cc2)c1C(C)=O. The Labute approximate surface area is 132 Å². The van der Waals surface area contributed by atoms with Crippen LogP contribution in [0.4, 0.5) is 0 Å². The predicted octanol–water partition coefficient (Wildman–Crippen LogP) is 3.07. The van der Waals surface area contributed by atoms with Crippen LogP contribution < -0.4 is 0 Å². The molecule has 5 heteroatoms. The van der Waals surface area contributed by atoms with Gasteiger partial charge in [-0.2, -0.15) is 0 Å². The van der Waals surface area contributed by atoms with Gasteiger partial charge in [-0.1, -0.05) is 30.3 Å². The third-order valence-electron chi connectivity index (χ3n) is 3.38. The lowest BCUT2D eigenvalue weighted by Gasteiger charge is -2.11. The molecule has 0 heterocycles. The molecule has 2 rings (SSSR count). The molecule has 0 aromatic heterocycles. The molecule has 2 aromatic carbocycles. The van der Waals surface area contributed by atoms with Crippen molar-refractivity contribution in [2.75, 3.05) is 0 Å². The maximum absolute atomic E-state index is 12.0. The fourth-order valence-electron chi connectivity index (χ4n) is 2.36. The van der Waals surface area contributed by atoms with Gasteiger partial charge >= 0.3 is 12.4 Å². The van der Waals surface area contributed by atoms with Crippen LogP contribution in [-0.4, -0.2) is 24.0 Å². The van der Waals surface area contributed by atoms with Crippen LogP contribution in [0.15, 0.2) is 42.5 Å². The van der Waals surface area contributed by atoms with Crippen molar-refractivity contribution in [3.8, 4) is 11.1 Å². The third-order valence-corrected chi connectivity index (χ3v) is 3.38. The molecular weight excluding hydrogens is 296 g/mol. The van der Waals surface area contributed by atoms with E-state index in [0.29, 0.717) is 22.3 Å². The molecule has 0 radical (unpaired) electrons. The fourth-order valence-corrected chi connectivity index (χ4v) is 2.36. The summed E-state index contributed by atoms with van der Waals surface area (Å²) in [6.45, 7) is 2.88. The molecule has 0 aliphatic heterocycles. The van der Waals surface area contributed by atoms with Crippen molar-refractivity contribution in [3.63, 3.8) is 0 Å². The van der Waals surface area contributed by atoms with E-state index in [4.69, 9.17) is 0 Å². The van der Waals surface area contributed by atoms with Gasteiger partial charge < -0.3 is 4.74 Å². The van der Waals surface area contributed by atoms with Crippen LogP contribution in [0.3, 0.4) is 0 Å². The largest absolute Gasteiger partial charge is 0.392 e. The summed E-state index contributed by atoms with van der Waals surface area (Å²) in [7, 11) is 0. The first-order valence-electron chi connectivity index (χ1n) is 6.85. The summed E-state index contributed by atoms with van der Waals surface area (Å²) >= 11 is 0. The molecular formula is C18H14O5. The van der Waals surface area contributed by atoms with Gasteiger partial charge in [0.1, 0.15) is 0 Å². The van der Waals surface area contributed by atoms with Crippen LogP contribution in [-0.2, 0) is 9.53 Å². The minimum absolute atomic E-state index is 0.0699. The number of carbonyl (C=O) groups is 4. The topological polar surface area (TPSA) is 77.5 Å². The van der Waals surface area contributed by atoms with Gasteiger partial charge in [0, 0.05) is 11.1 Å². The molecule has 23 heavy (non-hydrogen) atoms. The Balaban J connectivity index is 2.52. The third kappa shape index (κ3) is 3.40. The Morgan fingerprint density at radius 1 is 0.913 bits per heavy atom. The molecule has 0 N–H and O–H groups in total. The second-order valence-corrected chi connectivity index (χ2v) is 4.92. The summed E-state index contributed by atoms with van der Waals surface area (Å²) < 4.78 is 4.27. The lowest BCUT2D eigenvalue weighted by molar-refractivity contribution is -0.123. The number of Topliss-reactive ketones (excluding diaryl/α,β-unsaturated/α-hetero) is 2. The zero-order chi connectivity index (χ0) is 17.0. The maximum atomic E-state index is 12.0. The highest BCUT2D eigenvalue weighted by molar-refractivity contribution is 6.11. The molecule has 0 aliphatic carbocycles. The standard InChI is InChI=1S/C18H14O5/c1-11(20)15-4-3-5-16(17(15)12(2)21)13-6-8-14(9-7-13)18(22)23-10-19/h3-10H,1-2H3. The minimum Gasteiger partial charge on any atom is -0.392 e. The van der Waals surface area contributed by atoms with Crippen molar-refractivity contribution in [1.82, 2.24) is 0 Å². The van der Waals surface area contributed by atoms with Gasteiger partial charge in [0.25, 0.3) is 0 Å². The van der Waals surface area contributed by atoms with Crippen molar-refractivity contribution < 1.29 is 23.9 Å². The van der Waals surface area contributed by atoms with Crippen molar-refractivity contribution in [3.05, 3.63) is 59.2 Å². The lowest BCUT2D eigenvalue weighted by Crippen LogP contribution is -2.06. The van der Waals surface area contributed by atoms with Gasteiger partial charge in [-0.15, -0.1) is 0 Å². The highest BCUT2D eigenvalue weighted by atomic mass is 16.6. The Morgan fingerprint density at radius 3 is 2.09 bits per heavy atom. The predicted molar refractivity (Wildman–Crippen MR) is 83.4 cm³/mol. The summed E-state index contributed by atoms with van der Waals surface area (Å²) in [5.41, 5.74) is 2.22. The summed E-state index contributed by atoms with van der Waals surface area (Å²) in [5.74, 6) is -1.16. The van der Waals surface area contributed by atoms with E-state index < -0.39 is 5.97 Å². The van der Waals surface area contributed by atoms with Crippen LogP contribution in [0.1, 0.15) is 44.9 Å². The Kier molecular flexibility index (Phi) is 4.81. The van der Waals surface area contributed by atoms with Gasteiger partial charge in [0.05, 0.1) is 5.56 Å². The number of ether oxygens (including phenoxy) is 1. The van der Waals surface area contributed by atoms with E-state index in [2.05, 4.69) is 4.74 Å². The summed E-state index contributed by atoms with van der Waals surface area (Å²) in [6.07, 6.45) is 0. The zero-order valence-electron chi connectivity index (χ0n) is 12.7. The molecule has 116 valence electrons. The first kappa shape index (κ1) is 16.3. The number of esters is 1. The van der Waals surface area contributed by atoms with E-state index in [1.165, 1.54) is 26.0 Å². The molecule has 2 aromatic rings. The molecule has 0 fully saturated rings. The van der Waals surface area contributed by atoms with Crippen molar-refractivity contribution in [2.45, 2.75) is 13.8 Å². The minimum atomic E-state index is -0.754. The average molecular weight is 310 g/mol. The molecule has 0 saturated carbocycles. The number of rotatable bonds is 5. The summed E-state index contributed by atoms with van der Waals surface area (Å²) in [4.78, 5) is 45.3. The molecule has 0 atom stereocenters. The van der Waals surface area contributed by atoms with E-state index in [-0.39, 0.29) is 23.6 Å². The number of hydrogen-bond acceptors (Lipinski definition) is 5. The first-order valence-corrected chi connectivity index (χ1v) is 6.85. The number of hydrogen-bond donors (Lipinski definition) is 0. The van der Waals surface area contributed by atoms with Crippen LogP contribution in [0.25, 0.3) is 11.1 Å². The van der Waals surface area contributed by atoms with Crippen LogP contribution in [0, 0.1) is 0 Å². The molecule has 5 nitrogen and oxygen atoms in total. The molecule has 0 bridgehead atoms. The fraction of sp³-hybridized carbons (Fsp3) is 0.111. The monoisotopic (exact) mass is 310 g/mol. The highest BCUT2D eigenvalue weighted by Gasteiger charge is 2.17. The van der Waals surface area contributed by atoms with Crippen LogP contribution in [0.2, 0.25) is 0 Å². The van der Waals surface area contributed by atoms with Crippen molar-refractivity contribution in [2.24, 2.45) is 0 Å². The number of ketones is 2. The molecule has 0 amide bonds. The van der Waals surface area contributed by atoms with Crippen LogP contribution >= 0.6 is 0 Å². The van der Waals surface area contributed by atoms with E-state index in [1.54, 1.807) is 30.3 Å². The van der Waals surface area contributed by atoms with Gasteiger partial charge in [-0.3, -0.25) is 14.4 Å². The Hall–Kier alpha value is -3.08.